The summed E-state index contributed by atoms with van der Waals surface area (Å²) in [5.74, 6) is 1.34. The third kappa shape index (κ3) is 4.67. The maximum absolute atomic E-state index is 6.82. The molecule has 0 amide bonds. The maximum Gasteiger partial charge on any atom is 0.128 e. The highest BCUT2D eigenvalue weighted by Gasteiger charge is 2.33. The van der Waals surface area contributed by atoms with Crippen LogP contribution in [0.1, 0.15) is 35.2 Å². The number of hydrogen-bond donors (Lipinski definition) is 3. The highest BCUT2D eigenvalue weighted by atomic mass is 16.5. The van der Waals surface area contributed by atoms with Crippen LogP contribution in [0.4, 0.5) is 0 Å². The summed E-state index contributed by atoms with van der Waals surface area (Å²) in [5.41, 5.74) is 17.7. The zero-order valence-electron chi connectivity index (χ0n) is 23.8. The van der Waals surface area contributed by atoms with Crippen LogP contribution in [-0.2, 0) is 0 Å². The summed E-state index contributed by atoms with van der Waals surface area (Å²) in [4.78, 5) is 0. The molecular weight excluding hydrogens is 528 g/mol. The first-order valence-electron chi connectivity index (χ1n) is 15.1. The second-order valence-corrected chi connectivity index (χ2v) is 11.6. The van der Waals surface area contributed by atoms with Crippen LogP contribution in [0.2, 0.25) is 0 Å². The Balaban J connectivity index is 1.23. The second kappa shape index (κ2) is 10.8. The van der Waals surface area contributed by atoms with Gasteiger partial charge in [0.15, 0.2) is 0 Å². The van der Waals surface area contributed by atoms with E-state index < -0.39 is 0 Å². The van der Waals surface area contributed by atoms with E-state index in [1.165, 1.54) is 27.5 Å². The number of nitrogens with zero attached hydrogens (tertiary/aromatic N) is 1. The molecule has 5 nitrogen and oxygen atoms in total. The Hall–Kier alpha value is -4.84. The van der Waals surface area contributed by atoms with Crippen molar-refractivity contribution in [3.8, 4) is 5.75 Å². The van der Waals surface area contributed by atoms with Gasteiger partial charge >= 0.3 is 0 Å². The lowest BCUT2D eigenvalue weighted by Crippen LogP contribution is -2.49. The smallest absolute Gasteiger partial charge is 0.128 e. The van der Waals surface area contributed by atoms with E-state index in [-0.39, 0.29) is 30.3 Å². The van der Waals surface area contributed by atoms with Gasteiger partial charge in [0.2, 0.25) is 0 Å². The molecule has 8 rings (SSSR count). The summed E-state index contributed by atoms with van der Waals surface area (Å²) in [5, 5.41) is 6.12. The molecule has 3 aliphatic rings. The van der Waals surface area contributed by atoms with Gasteiger partial charge in [0.25, 0.3) is 0 Å². The molecule has 212 valence electrons. The van der Waals surface area contributed by atoms with Crippen molar-refractivity contribution < 1.29 is 4.74 Å². The quantitative estimate of drug-likeness (QED) is 0.179. The largest absolute Gasteiger partial charge is 0.485 e. The van der Waals surface area contributed by atoms with Crippen LogP contribution in [0.15, 0.2) is 140 Å². The first-order valence-corrected chi connectivity index (χ1v) is 15.1. The molecule has 0 bridgehead atoms. The van der Waals surface area contributed by atoms with Gasteiger partial charge < -0.3 is 15.9 Å². The van der Waals surface area contributed by atoms with Crippen molar-refractivity contribution in [3.05, 3.63) is 156 Å². The van der Waals surface area contributed by atoms with Crippen molar-refractivity contribution in [1.29, 1.82) is 0 Å². The second-order valence-electron chi connectivity index (χ2n) is 11.6. The normalized spacial score (nSPS) is 21.7. The number of ether oxygens (including phenoxy) is 1. The molecule has 43 heavy (non-hydrogen) atoms. The van der Waals surface area contributed by atoms with Crippen LogP contribution >= 0.6 is 0 Å². The Labute approximate surface area is 251 Å². The van der Waals surface area contributed by atoms with Gasteiger partial charge in [0.1, 0.15) is 11.9 Å². The van der Waals surface area contributed by atoms with E-state index in [1.54, 1.807) is 0 Å². The summed E-state index contributed by atoms with van der Waals surface area (Å²) in [6.45, 7) is 0. The fourth-order valence-corrected chi connectivity index (χ4v) is 6.75. The zero-order chi connectivity index (χ0) is 28.8. The van der Waals surface area contributed by atoms with E-state index in [2.05, 4.69) is 137 Å². The van der Waals surface area contributed by atoms with Crippen LogP contribution < -0.4 is 21.2 Å². The summed E-state index contributed by atoms with van der Waals surface area (Å²) >= 11 is 0. The molecule has 4 N–H and O–H groups in total. The van der Waals surface area contributed by atoms with E-state index in [1.807, 2.05) is 18.2 Å². The Kier molecular flexibility index (Phi) is 6.47. The van der Waals surface area contributed by atoms with Crippen molar-refractivity contribution in [2.75, 3.05) is 5.43 Å². The minimum atomic E-state index is -0.344. The molecule has 0 radical (unpaired) electrons. The number of para-hydroxylation sites is 1. The number of nitrogens with one attached hydrogen (secondary N) is 2. The average Bonchev–Trinajstić information content (AvgIpc) is 3.59. The zero-order valence-corrected chi connectivity index (χ0v) is 23.8. The Morgan fingerprint density at radius 1 is 0.814 bits per heavy atom. The Morgan fingerprint density at radius 2 is 1.58 bits per heavy atom. The summed E-state index contributed by atoms with van der Waals surface area (Å²) in [7, 11) is 0. The minimum Gasteiger partial charge on any atom is -0.485 e. The van der Waals surface area contributed by atoms with E-state index in [0.29, 0.717) is 0 Å². The van der Waals surface area contributed by atoms with Crippen molar-refractivity contribution in [3.63, 3.8) is 0 Å². The third-order valence-electron chi connectivity index (χ3n) is 8.93. The van der Waals surface area contributed by atoms with Gasteiger partial charge in [-0.05, 0) is 47.4 Å². The Bertz CT molecular complexity index is 1920. The molecule has 4 aromatic carbocycles. The molecular formula is C38H34N4O. The maximum atomic E-state index is 6.82. The lowest BCUT2D eigenvalue weighted by molar-refractivity contribution is 0.269. The first kappa shape index (κ1) is 25.8. The molecule has 0 saturated carbocycles. The molecule has 5 atom stereocenters. The molecule has 5 unspecified atom stereocenters. The van der Waals surface area contributed by atoms with Crippen molar-refractivity contribution in [1.82, 2.24) is 9.99 Å². The predicted octanol–water partition coefficient (Wildman–Crippen LogP) is 7.54. The molecule has 0 spiro atoms. The van der Waals surface area contributed by atoms with Crippen molar-refractivity contribution >= 4 is 27.4 Å². The fourth-order valence-electron chi connectivity index (χ4n) is 6.75. The van der Waals surface area contributed by atoms with Gasteiger partial charge in [0, 0.05) is 28.2 Å². The van der Waals surface area contributed by atoms with Gasteiger partial charge in [-0.3, -0.25) is 9.99 Å². The third-order valence-corrected chi connectivity index (χ3v) is 8.93. The van der Waals surface area contributed by atoms with Gasteiger partial charge in [0.05, 0.1) is 23.4 Å². The number of allylic oxidation sites excluding steroid dienone is 5. The lowest BCUT2D eigenvalue weighted by atomic mass is 9.90. The average molecular weight is 563 g/mol. The molecule has 0 fully saturated rings. The van der Waals surface area contributed by atoms with Crippen LogP contribution in [-0.4, -0.2) is 16.9 Å². The molecule has 0 saturated heterocycles. The standard InChI is InChI=1S/C38H34N4O/c39-37(26-14-5-2-6-15-26)40-38(28-17-11-16-27(22-28)25-12-3-1-4-13-25)41-42-33-20-9-7-18-29(33)31-24-36-32(23-34(31)42)30-19-8-10-21-35(30)43-36/h1-16,18-24,28,30,35,37-38,40-41H,17,39H2. The topological polar surface area (TPSA) is 64.2 Å². The molecule has 1 aliphatic heterocycles. The number of aromatic nitrogens is 1. The van der Waals surface area contributed by atoms with E-state index >= 15 is 0 Å². The number of fused-ring (bicyclic) bond motifs is 6. The van der Waals surface area contributed by atoms with Gasteiger partial charge in [-0.25, -0.2) is 0 Å². The lowest BCUT2D eigenvalue weighted by Gasteiger charge is -2.33. The van der Waals surface area contributed by atoms with Gasteiger partial charge in [-0.2, -0.15) is 0 Å². The molecule has 2 heterocycles. The summed E-state index contributed by atoms with van der Waals surface area (Å²) in [6, 6.07) is 33.9. The van der Waals surface area contributed by atoms with Crippen molar-refractivity contribution in [2.24, 2.45) is 11.7 Å². The molecule has 5 aromatic rings. The highest BCUT2D eigenvalue weighted by Crippen LogP contribution is 2.45. The number of hydrogen-bond acceptors (Lipinski definition) is 4. The van der Waals surface area contributed by atoms with Crippen LogP contribution in [0.5, 0.6) is 5.75 Å². The molecule has 5 heteroatoms. The van der Waals surface area contributed by atoms with Crippen LogP contribution in [0.3, 0.4) is 0 Å². The summed E-state index contributed by atoms with van der Waals surface area (Å²) < 4.78 is 8.65. The minimum absolute atomic E-state index is 0.0491. The fraction of sp³-hybridized carbons (Fsp3) is 0.158. The van der Waals surface area contributed by atoms with E-state index in [0.717, 1.165) is 28.8 Å². The number of benzene rings is 4. The highest BCUT2D eigenvalue weighted by molar-refractivity contribution is 6.09. The van der Waals surface area contributed by atoms with Crippen molar-refractivity contribution in [2.45, 2.75) is 30.8 Å². The van der Waals surface area contributed by atoms with Gasteiger partial charge in [-0.15, -0.1) is 0 Å². The predicted molar refractivity (Wildman–Crippen MR) is 176 cm³/mol. The monoisotopic (exact) mass is 562 g/mol. The van der Waals surface area contributed by atoms with Gasteiger partial charge in [-0.1, -0.05) is 115 Å². The molecule has 2 aliphatic carbocycles. The van der Waals surface area contributed by atoms with E-state index in [4.69, 9.17) is 10.5 Å². The Morgan fingerprint density at radius 3 is 2.44 bits per heavy atom. The number of rotatable bonds is 7. The SMILES string of the molecule is NC(NC(Nn1c2ccccc2c2cc3c(cc21)C1C=CC=CC1O3)C1C=C(c2ccccc2)C=CC1)c1ccccc1. The van der Waals surface area contributed by atoms with Crippen LogP contribution in [0, 0.1) is 5.92 Å². The van der Waals surface area contributed by atoms with Crippen LogP contribution in [0.25, 0.3) is 27.4 Å². The first-order chi connectivity index (χ1) is 21.2. The molecule has 1 aromatic heterocycles. The number of nitrogens with two attached hydrogens (primary N) is 1. The summed E-state index contributed by atoms with van der Waals surface area (Å²) in [6.07, 6.45) is 15.9. The van der Waals surface area contributed by atoms with E-state index in [9.17, 15) is 0 Å².